The topological polar surface area (TPSA) is 268 Å². The molecule has 7 N–H and O–H groups in total. The third kappa shape index (κ3) is 9.88. The molecule has 60 heavy (non-hydrogen) atoms. The fraction of sp³-hybridized carbons (Fsp3) is 0.419. The van der Waals surface area contributed by atoms with Crippen molar-refractivity contribution in [3.8, 4) is 23.3 Å². The Labute approximate surface area is 346 Å². The van der Waals surface area contributed by atoms with Crippen molar-refractivity contribution in [2.75, 3.05) is 39.8 Å². The van der Waals surface area contributed by atoms with Gasteiger partial charge in [0, 0.05) is 66.7 Å². The number of hydrogen-bond acceptors (Lipinski definition) is 12. The third-order valence-corrected chi connectivity index (χ3v) is 10.5. The molecule has 316 valence electrons. The standard InChI is InChI=1S/C43H49N7O10/c1-22(49-31(51)13-14-46-41(58)29(45)12-9-23(17-44)16-43(2,3)4)40(57)48-19-32(52)47-18-24-20-50(21-24)42(59)25-10-11-26-28(15-25)38(55)34-35(36(26)53)39(56)33-27(37(34)54)7-6-8-30(33)60-5/h6-9,12,16,22,24-25,45,53,55H,10-11,13-15,18-21H2,1-5H3,(H,46,58)(H,47,52)(H,48,57)(H,49,51)/b12-9-,23-16-,45-29?. The van der Waals surface area contributed by atoms with Gasteiger partial charge < -0.3 is 41.1 Å². The van der Waals surface area contributed by atoms with Gasteiger partial charge in [-0.2, -0.15) is 5.26 Å². The van der Waals surface area contributed by atoms with Gasteiger partial charge in [-0.3, -0.25) is 39.0 Å². The van der Waals surface area contributed by atoms with Crippen LogP contribution in [-0.2, 0) is 36.8 Å². The fourth-order valence-electron chi connectivity index (χ4n) is 7.39. The lowest BCUT2D eigenvalue weighted by molar-refractivity contribution is -0.142. The monoisotopic (exact) mass is 823 g/mol. The summed E-state index contributed by atoms with van der Waals surface area (Å²) in [5.74, 6) is -5.00. The number of hydrogen-bond donors (Lipinski definition) is 7. The molecule has 2 atom stereocenters. The molecule has 1 saturated heterocycles. The van der Waals surface area contributed by atoms with Gasteiger partial charge in [0.15, 0.2) is 5.78 Å². The lowest BCUT2D eigenvalue weighted by Crippen LogP contribution is -2.56. The Balaban J connectivity index is 1.01. The second-order valence-electron chi connectivity index (χ2n) is 16.1. The van der Waals surface area contributed by atoms with Crippen LogP contribution >= 0.6 is 0 Å². The number of phenolic OH excluding ortho intramolecular Hbond substituents is 2. The van der Waals surface area contributed by atoms with Crippen LogP contribution in [0.25, 0.3) is 0 Å². The maximum Gasteiger partial charge on any atom is 0.269 e. The van der Waals surface area contributed by atoms with Gasteiger partial charge in [0.25, 0.3) is 5.91 Å². The van der Waals surface area contributed by atoms with E-state index in [1.807, 2.05) is 26.8 Å². The quantitative estimate of drug-likeness (QED) is 0.0533. The Morgan fingerprint density at radius 2 is 1.67 bits per heavy atom. The van der Waals surface area contributed by atoms with Crippen molar-refractivity contribution < 1.29 is 48.5 Å². The Morgan fingerprint density at radius 3 is 2.33 bits per heavy atom. The highest BCUT2D eigenvalue weighted by atomic mass is 16.5. The van der Waals surface area contributed by atoms with Crippen LogP contribution in [0.1, 0.15) is 83.5 Å². The predicted octanol–water partition coefficient (Wildman–Crippen LogP) is 1.76. The summed E-state index contributed by atoms with van der Waals surface area (Å²) >= 11 is 0. The molecule has 0 spiro atoms. The summed E-state index contributed by atoms with van der Waals surface area (Å²) in [5, 5.41) is 49.8. The maximum absolute atomic E-state index is 13.5. The van der Waals surface area contributed by atoms with E-state index in [1.165, 1.54) is 38.3 Å². The largest absolute Gasteiger partial charge is 0.507 e. The highest BCUT2D eigenvalue weighted by Gasteiger charge is 2.42. The van der Waals surface area contributed by atoms with E-state index < -0.39 is 58.6 Å². The third-order valence-electron chi connectivity index (χ3n) is 10.5. The zero-order valence-electron chi connectivity index (χ0n) is 34.1. The molecule has 3 aliphatic rings. The minimum atomic E-state index is -0.987. The molecular weight excluding hydrogens is 775 g/mol. The molecule has 2 aromatic rings. The van der Waals surface area contributed by atoms with Gasteiger partial charge >= 0.3 is 0 Å². The summed E-state index contributed by atoms with van der Waals surface area (Å²) in [6, 6.07) is 5.56. The lowest BCUT2D eigenvalue weighted by Gasteiger charge is -2.42. The summed E-state index contributed by atoms with van der Waals surface area (Å²) in [6.45, 7) is 7.67. The molecule has 17 heteroatoms. The number of phenols is 2. The number of nitrogens with zero attached hydrogens (tertiary/aromatic N) is 2. The Hall–Kier alpha value is -6.83. The number of likely N-dealkylation sites (tertiary alicyclic amines) is 1. The molecule has 0 bridgehead atoms. The van der Waals surface area contributed by atoms with Crippen molar-refractivity contribution in [2.24, 2.45) is 17.3 Å². The number of allylic oxidation sites excluding steroid dienone is 3. The van der Waals surface area contributed by atoms with Crippen LogP contribution in [-0.4, -0.2) is 108 Å². The summed E-state index contributed by atoms with van der Waals surface area (Å²) in [6.07, 6.45) is 4.70. The Kier molecular flexibility index (Phi) is 13.6. The van der Waals surface area contributed by atoms with Gasteiger partial charge in [-0.25, -0.2) is 0 Å². The average molecular weight is 824 g/mol. The van der Waals surface area contributed by atoms with Crippen molar-refractivity contribution in [3.63, 3.8) is 0 Å². The summed E-state index contributed by atoms with van der Waals surface area (Å²) in [4.78, 5) is 91.7. The van der Waals surface area contributed by atoms with E-state index in [9.17, 15) is 49.0 Å². The van der Waals surface area contributed by atoms with Crippen LogP contribution in [0.4, 0.5) is 0 Å². The number of carbonyl (C=O) groups excluding carboxylic acids is 7. The number of nitriles is 1. The highest BCUT2D eigenvalue weighted by Crippen LogP contribution is 2.47. The molecule has 0 aromatic heterocycles. The van der Waals surface area contributed by atoms with E-state index in [-0.39, 0.29) is 95.5 Å². The molecule has 5 amide bonds. The molecule has 0 saturated carbocycles. The Morgan fingerprint density at radius 1 is 0.983 bits per heavy atom. The first-order valence-electron chi connectivity index (χ1n) is 19.5. The smallest absolute Gasteiger partial charge is 0.269 e. The first kappa shape index (κ1) is 44.3. The zero-order valence-corrected chi connectivity index (χ0v) is 34.1. The number of carbonyl (C=O) groups is 7. The molecule has 5 rings (SSSR count). The minimum absolute atomic E-state index is 0.0180. The van der Waals surface area contributed by atoms with E-state index >= 15 is 0 Å². The number of ketones is 2. The normalized spacial score (nSPS) is 16.6. The van der Waals surface area contributed by atoms with Crippen LogP contribution in [0.15, 0.2) is 42.0 Å². The molecule has 17 nitrogen and oxygen atoms in total. The molecule has 1 fully saturated rings. The molecule has 2 unspecified atom stereocenters. The summed E-state index contributed by atoms with van der Waals surface area (Å²) in [5.41, 5.74) is -0.270. The van der Waals surface area contributed by atoms with Gasteiger partial charge in [-0.15, -0.1) is 0 Å². The van der Waals surface area contributed by atoms with Crippen LogP contribution < -0.4 is 26.0 Å². The van der Waals surface area contributed by atoms with Gasteiger partial charge in [0.05, 0.1) is 36.4 Å². The second-order valence-corrected chi connectivity index (χ2v) is 16.1. The van der Waals surface area contributed by atoms with Crippen molar-refractivity contribution in [1.29, 1.82) is 10.7 Å². The number of methoxy groups -OCH3 is 1. The molecule has 0 radical (unpaired) electrons. The van der Waals surface area contributed by atoms with Crippen molar-refractivity contribution in [1.82, 2.24) is 26.2 Å². The minimum Gasteiger partial charge on any atom is -0.507 e. The van der Waals surface area contributed by atoms with Crippen LogP contribution in [0.3, 0.4) is 0 Å². The van der Waals surface area contributed by atoms with Crippen molar-refractivity contribution in [3.05, 3.63) is 75.4 Å². The van der Waals surface area contributed by atoms with E-state index in [4.69, 9.17) is 10.1 Å². The first-order chi connectivity index (χ1) is 28.3. The van der Waals surface area contributed by atoms with Crippen LogP contribution in [0.2, 0.25) is 0 Å². The zero-order chi connectivity index (χ0) is 44.1. The van der Waals surface area contributed by atoms with E-state index in [2.05, 4.69) is 21.3 Å². The first-order valence-corrected chi connectivity index (χ1v) is 19.5. The van der Waals surface area contributed by atoms with Gasteiger partial charge in [0.1, 0.15) is 29.0 Å². The number of fused-ring (bicyclic) bond motifs is 3. The number of ether oxygens (including phenoxy) is 1. The van der Waals surface area contributed by atoms with E-state index in [0.29, 0.717) is 30.6 Å². The number of aromatic hydroxyl groups is 2. The predicted molar refractivity (Wildman–Crippen MR) is 216 cm³/mol. The number of rotatable bonds is 14. The van der Waals surface area contributed by atoms with Gasteiger partial charge in [0.2, 0.25) is 29.4 Å². The van der Waals surface area contributed by atoms with Crippen molar-refractivity contribution in [2.45, 2.75) is 59.4 Å². The van der Waals surface area contributed by atoms with Gasteiger partial charge in [-0.1, -0.05) is 39.0 Å². The maximum atomic E-state index is 13.5. The molecule has 1 aliphatic heterocycles. The lowest BCUT2D eigenvalue weighted by atomic mass is 9.75. The molecule has 2 aromatic carbocycles. The summed E-state index contributed by atoms with van der Waals surface area (Å²) < 4.78 is 5.29. The van der Waals surface area contributed by atoms with Crippen molar-refractivity contribution >= 4 is 46.8 Å². The molecule has 2 aliphatic carbocycles. The SMILES string of the molecule is COc1cccc2c1C(=O)c1c(O)c3c(c(O)c1C2=O)CC(C(=O)N1CC(CNC(=O)CNC(=O)C(C)NC(=O)CCNC(=O)C(=N)/C=C\C(C#N)=C\C(C)(C)C)C1)CC3. The summed E-state index contributed by atoms with van der Waals surface area (Å²) in [7, 11) is 1.37. The average Bonchev–Trinajstić information content (AvgIpc) is 3.19. The van der Waals surface area contributed by atoms with E-state index in [0.717, 1.165) is 0 Å². The Bertz CT molecular complexity index is 2260. The number of amides is 5. The van der Waals surface area contributed by atoms with E-state index in [1.54, 1.807) is 17.0 Å². The van der Waals surface area contributed by atoms with Crippen LogP contribution in [0.5, 0.6) is 17.2 Å². The second kappa shape index (κ2) is 18.4. The van der Waals surface area contributed by atoms with Gasteiger partial charge in [-0.05, 0) is 49.8 Å². The molecule has 1 heterocycles. The number of nitrogens with one attached hydrogen (secondary N) is 5. The molecular formula is C43H49N7O10. The fourth-order valence-corrected chi connectivity index (χ4v) is 7.39. The van der Waals surface area contributed by atoms with Crippen LogP contribution in [0, 0.1) is 34.0 Å². The highest BCUT2D eigenvalue weighted by molar-refractivity contribution is 6.42. The number of benzene rings is 2.